The van der Waals surface area contributed by atoms with Crippen LogP contribution in [0.5, 0.6) is 5.75 Å². The summed E-state index contributed by atoms with van der Waals surface area (Å²) in [7, 11) is 1.58. The molecule has 1 fully saturated rings. The highest BCUT2D eigenvalue weighted by atomic mass is 16.5. The first-order valence-electron chi connectivity index (χ1n) is 8.67. The topological polar surface area (TPSA) is 105 Å². The Balaban J connectivity index is 1.68. The number of likely N-dealkylation sites (tertiary alicyclic amines) is 1. The van der Waals surface area contributed by atoms with E-state index in [2.05, 4.69) is 15.3 Å². The maximum atomic E-state index is 12.7. The van der Waals surface area contributed by atoms with E-state index in [1.807, 2.05) is 0 Å². The van der Waals surface area contributed by atoms with Crippen molar-refractivity contribution in [1.82, 2.24) is 14.9 Å². The van der Waals surface area contributed by atoms with E-state index < -0.39 is 5.60 Å². The Bertz CT molecular complexity index is 830. The number of piperidine rings is 1. The Kier molecular flexibility index (Phi) is 5.36. The third kappa shape index (κ3) is 4.22. The van der Waals surface area contributed by atoms with Gasteiger partial charge in [-0.2, -0.15) is 0 Å². The van der Waals surface area contributed by atoms with Crippen LogP contribution in [0.25, 0.3) is 0 Å². The molecule has 8 heteroatoms. The molecule has 8 nitrogen and oxygen atoms in total. The molecule has 1 aromatic carbocycles. The lowest BCUT2D eigenvalue weighted by Gasteiger charge is -2.37. The van der Waals surface area contributed by atoms with Gasteiger partial charge in [-0.05, 0) is 37.1 Å². The molecule has 1 aliphatic rings. The monoisotopic (exact) mass is 370 g/mol. The van der Waals surface area contributed by atoms with Gasteiger partial charge in [0, 0.05) is 31.6 Å². The number of carbonyl (C=O) groups excluding carboxylic acids is 2. The Morgan fingerprint density at radius 1 is 1.19 bits per heavy atom. The second-order valence-electron chi connectivity index (χ2n) is 6.52. The van der Waals surface area contributed by atoms with E-state index in [0.29, 0.717) is 48.8 Å². The van der Waals surface area contributed by atoms with Crippen LogP contribution in [0.4, 0.5) is 5.82 Å². The summed E-state index contributed by atoms with van der Waals surface area (Å²) < 4.78 is 5.11. The summed E-state index contributed by atoms with van der Waals surface area (Å²) in [4.78, 5) is 33.7. The summed E-state index contributed by atoms with van der Waals surface area (Å²) in [6.45, 7) is 2.20. The maximum absolute atomic E-state index is 12.7. The van der Waals surface area contributed by atoms with E-state index in [4.69, 9.17) is 4.74 Å². The third-order valence-electron chi connectivity index (χ3n) is 4.66. The molecular weight excluding hydrogens is 348 g/mol. The first-order chi connectivity index (χ1) is 12.9. The molecule has 2 N–H and O–H groups in total. The molecule has 0 saturated carbocycles. The van der Waals surface area contributed by atoms with Crippen LogP contribution < -0.4 is 10.1 Å². The van der Waals surface area contributed by atoms with Gasteiger partial charge in [0.05, 0.1) is 12.8 Å². The Morgan fingerprint density at radius 3 is 2.44 bits per heavy atom. The van der Waals surface area contributed by atoms with E-state index in [-0.39, 0.29) is 11.8 Å². The van der Waals surface area contributed by atoms with Gasteiger partial charge in [-0.25, -0.2) is 9.97 Å². The number of rotatable bonds is 4. The molecule has 142 valence electrons. The molecule has 1 saturated heterocycles. The highest BCUT2D eigenvalue weighted by molar-refractivity contribution is 5.94. The third-order valence-corrected chi connectivity index (χ3v) is 4.66. The second-order valence-corrected chi connectivity index (χ2v) is 6.52. The fourth-order valence-corrected chi connectivity index (χ4v) is 3.11. The van der Waals surface area contributed by atoms with Crippen LogP contribution in [-0.4, -0.2) is 52.0 Å². The number of hydrogen-bond acceptors (Lipinski definition) is 6. The molecular formula is C19H22N4O4. The number of anilines is 1. The van der Waals surface area contributed by atoms with Gasteiger partial charge in [-0.15, -0.1) is 0 Å². The highest BCUT2D eigenvalue weighted by Gasteiger charge is 2.37. The van der Waals surface area contributed by atoms with Crippen molar-refractivity contribution < 1.29 is 19.4 Å². The number of benzene rings is 1. The molecule has 1 aliphatic heterocycles. The van der Waals surface area contributed by atoms with Crippen molar-refractivity contribution in [2.45, 2.75) is 25.4 Å². The van der Waals surface area contributed by atoms with Crippen molar-refractivity contribution in [3.8, 4) is 5.75 Å². The number of aliphatic hydroxyl groups is 1. The van der Waals surface area contributed by atoms with Crippen molar-refractivity contribution >= 4 is 17.6 Å². The molecule has 0 bridgehead atoms. The molecule has 0 unspecified atom stereocenters. The van der Waals surface area contributed by atoms with Crippen molar-refractivity contribution in [2.24, 2.45) is 0 Å². The summed E-state index contributed by atoms with van der Waals surface area (Å²) in [6.07, 6.45) is 2.02. The first-order valence-corrected chi connectivity index (χ1v) is 8.67. The lowest BCUT2D eigenvalue weighted by molar-refractivity contribution is -0.114. The largest absolute Gasteiger partial charge is 0.497 e. The zero-order valence-electron chi connectivity index (χ0n) is 15.3. The van der Waals surface area contributed by atoms with Crippen molar-refractivity contribution in [3.63, 3.8) is 0 Å². The molecule has 2 aromatic rings. The number of carbonyl (C=O) groups is 2. The van der Waals surface area contributed by atoms with E-state index in [1.165, 1.54) is 13.3 Å². The molecule has 0 spiro atoms. The second kappa shape index (κ2) is 7.71. The van der Waals surface area contributed by atoms with E-state index in [9.17, 15) is 14.7 Å². The summed E-state index contributed by atoms with van der Waals surface area (Å²) in [5, 5.41) is 13.6. The fraction of sp³-hybridized carbons (Fsp3) is 0.368. The van der Waals surface area contributed by atoms with Crippen LogP contribution in [0.1, 0.15) is 35.8 Å². The first kappa shape index (κ1) is 18.8. The number of nitrogens with zero attached hydrogens (tertiary/aromatic N) is 3. The van der Waals surface area contributed by atoms with Gasteiger partial charge < -0.3 is 20.1 Å². The predicted molar refractivity (Wildman–Crippen MR) is 98.4 cm³/mol. The number of amides is 2. The van der Waals surface area contributed by atoms with Gasteiger partial charge in [0.1, 0.15) is 23.5 Å². The molecule has 1 aromatic heterocycles. The minimum atomic E-state index is -1.16. The van der Waals surface area contributed by atoms with Gasteiger partial charge in [-0.1, -0.05) is 0 Å². The Hall–Kier alpha value is -3.00. The van der Waals surface area contributed by atoms with Crippen molar-refractivity contribution in [2.75, 3.05) is 25.5 Å². The Morgan fingerprint density at radius 2 is 1.85 bits per heavy atom. The Labute approximate surface area is 157 Å². The van der Waals surface area contributed by atoms with Gasteiger partial charge in [-0.3, -0.25) is 9.59 Å². The lowest BCUT2D eigenvalue weighted by atomic mass is 9.87. The molecule has 0 atom stereocenters. The zero-order valence-corrected chi connectivity index (χ0v) is 15.3. The molecule has 27 heavy (non-hydrogen) atoms. The molecule has 2 heterocycles. The zero-order chi connectivity index (χ0) is 19.4. The van der Waals surface area contributed by atoms with Crippen molar-refractivity contribution in [3.05, 3.63) is 47.9 Å². The summed E-state index contributed by atoms with van der Waals surface area (Å²) in [6, 6.07) is 8.52. The predicted octanol–water partition coefficient (Wildman–Crippen LogP) is 1.57. The highest BCUT2D eigenvalue weighted by Crippen LogP contribution is 2.32. The normalized spacial score (nSPS) is 15.9. The van der Waals surface area contributed by atoms with Crippen LogP contribution in [0.3, 0.4) is 0 Å². The van der Waals surface area contributed by atoms with Gasteiger partial charge in [0.2, 0.25) is 5.91 Å². The van der Waals surface area contributed by atoms with Crippen molar-refractivity contribution in [1.29, 1.82) is 0 Å². The minimum absolute atomic E-state index is 0.0821. The van der Waals surface area contributed by atoms with Gasteiger partial charge in [0.15, 0.2) is 0 Å². The summed E-state index contributed by atoms with van der Waals surface area (Å²) >= 11 is 0. The van der Waals surface area contributed by atoms with Crippen LogP contribution >= 0.6 is 0 Å². The number of aromatic nitrogens is 2. The number of methoxy groups -OCH3 is 1. The van der Waals surface area contributed by atoms with Gasteiger partial charge >= 0.3 is 0 Å². The van der Waals surface area contributed by atoms with E-state index in [1.54, 1.807) is 42.3 Å². The number of ether oxygens (including phenoxy) is 1. The van der Waals surface area contributed by atoms with Crippen LogP contribution in [0, 0.1) is 0 Å². The number of hydrogen-bond donors (Lipinski definition) is 2. The average molecular weight is 370 g/mol. The molecule has 0 aliphatic carbocycles. The maximum Gasteiger partial charge on any atom is 0.253 e. The van der Waals surface area contributed by atoms with E-state index >= 15 is 0 Å². The smallest absolute Gasteiger partial charge is 0.253 e. The standard InChI is InChI=1S/C19H22N4O4/c1-13(24)22-17-11-16(20-12-21-17)19(26)7-9-23(10-8-19)18(25)14-3-5-15(27-2)6-4-14/h3-6,11-12,26H,7-10H2,1-2H3,(H,20,21,22,24). The average Bonchev–Trinajstić information content (AvgIpc) is 2.68. The SMILES string of the molecule is COc1ccc(C(=O)N2CCC(O)(c3cc(NC(C)=O)ncn3)CC2)cc1. The van der Waals surface area contributed by atoms with Gasteiger partial charge in [0.25, 0.3) is 5.91 Å². The molecule has 0 radical (unpaired) electrons. The number of nitrogens with one attached hydrogen (secondary N) is 1. The van der Waals surface area contributed by atoms with Crippen LogP contribution in [-0.2, 0) is 10.4 Å². The quantitative estimate of drug-likeness (QED) is 0.846. The lowest BCUT2D eigenvalue weighted by Crippen LogP contribution is -2.45. The minimum Gasteiger partial charge on any atom is -0.497 e. The summed E-state index contributed by atoms with van der Waals surface area (Å²) in [5.41, 5.74) is -0.138. The fourth-order valence-electron chi connectivity index (χ4n) is 3.11. The summed E-state index contributed by atoms with van der Waals surface area (Å²) in [5.74, 6) is 0.712. The van der Waals surface area contributed by atoms with Crippen LogP contribution in [0.2, 0.25) is 0 Å². The van der Waals surface area contributed by atoms with E-state index in [0.717, 1.165) is 0 Å². The van der Waals surface area contributed by atoms with Crippen LogP contribution in [0.15, 0.2) is 36.7 Å². The molecule has 2 amide bonds. The molecule has 3 rings (SSSR count).